The van der Waals surface area contributed by atoms with Crippen molar-refractivity contribution in [2.24, 2.45) is 0 Å². The number of nitrogens with one attached hydrogen (secondary N) is 1. The summed E-state index contributed by atoms with van der Waals surface area (Å²) in [5.41, 5.74) is 5.50. The number of amides is 1. The molecule has 1 aromatic heterocycles. The molecule has 92 valence electrons. The van der Waals surface area contributed by atoms with Gasteiger partial charge in [-0.2, -0.15) is 0 Å². The van der Waals surface area contributed by atoms with E-state index in [9.17, 15) is 4.79 Å². The van der Waals surface area contributed by atoms with Crippen LogP contribution in [0.5, 0.6) is 0 Å². The van der Waals surface area contributed by atoms with Gasteiger partial charge in [-0.05, 0) is 12.8 Å². The normalized spacial score (nSPS) is 14.9. The van der Waals surface area contributed by atoms with Crippen LogP contribution in [-0.2, 0) is 4.79 Å². The lowest BCUT2D eigenvalue weighted by atomic mass is 10.3. The number of anilines is 2. The molecule has 0 radical (unpaired) electrons. The average molecular weight is 235 g/mol. The lowest BCUT2D eigenvalue weighted by Gasteiger charge is -2.15. The van der Waals surface area contributed by atoms with Gasteiger partial charge in [-0.15, -0.1) is 0 Å². The minimum absolute atomic E-state index is 0.201. The summed E-state index contributed by atoms with van der Waals surface area (Å²) in [6.45, 7) is 2.36. The second kappa shape index (κ2) is 5.47. The standard InChI is InChI=1S/C11H17N5O/c12-9-7-13-8-10(15-9)14-4-3-11(17)16-5-1-2-6-16/h7-8H,1-6H2,(H3,12,14,15). The summed E-state index contributed by atoms with van der Waals surface area (Å²) in [5, 5.41) is 3.04. The minimum Gasteiger partial charge on any atom is -0.382 e. The molecule has 0 bridgehead atoms. The molecule has 1 aliphatic rings. The van der Waals surface area contributed by atoms with Crippen LogP contribution in [0.1, 0.15) is 19.3 Å². The molecule has 1 fully saturated rings. The van der Waals surface area contributed by atoms with Crippen molar-refractivity contribution in [3.05, 3.63) is 12.4 Å². The summed E-state index contributed by atoms with van der Waals surface area (Å²) in [6.07, 6.45) is 5.81. The van der Waals surface area contributed by atoms with E-state index < -0.39 is 0 Å². The van der Waals surface area contributed by atoms with Crippen LogP contribution in [-0.4, -0.2) is 40.4 Å². The van der Waals surface area contributed by atoms with Crippen LogP contribution in [0.3, 0.4) is 0 Å². The van der Waals surface area contributed by atoms with Gasteiger partial charge in [0.2, 0.25) is 5.91 Å². The third-order valence-electron chi connectivity index (χ3n) is 2.76. The third kappa shape index (κ3) is 3.30. The number of aromatic nitrogens is 2. The molecule has 2 rings (SSSR count). The first-order valence-electron chi connectivity index (χ1n) is 5.85. The Balaban J connectivity index is 1.73. The van der Waals surface area contributed by atoms with Gasteiger partial charge in [-0.25, -0.2) is 4.98 Å². The van der Waals surface area contributed by atoms with Gasteiger partial charge >= 0.3 is 0 Å². The van der Waals surface area contributed by atoms with Gasteiger partial charge < -0.3 is 16.0 Å². The molecule has 1 aliphatic heterocycles. The maximum Gasteiger partial charge on any atom is 0.224 e. The number of carbonyl (C=O) groups excluding carboxylic acids is 1. The number of nitrogen functional groups attached to an aromatic ring is 1. The van der Waals surface area contributed by atoms with Crippen LogP contribution in [0, 0.1) is 0 Å². The van der Waals surface area contributed by atoms with E-state index in [4.69, 9.17) is 5.73 Å². The fourth-order valence-electron chi connectivity index (χ4n) is 1.89. The largest absolute Gasteiger partial charge is 0.382 e. The summed E-state index contributed by atoms with van der Waals surface area (Å²) < 4.78 is 0. The van der Waals surface area contributed by atoms with Gasteiger partial charge in [0.25, 0.3) is 0 Å². The molecule has 1 amide bonds. The Hall–Kier alpha value is -1.85. The van der Waals surface area contributed by atoms with Crippen molar-refractivity contribution in [2.75, 3.05) is 30.7 Å². The molecule has 2 heterocycles. The van der Waals surface area contributed by atoms with Gasteiger partial charge in [-0.3, -0.25) is 9.78 Å². The number of hydrogen-bond donors (Lipinski definition) is 2. The highest BCUT2D eigenvalue weighted by atomic mass is 16.2. The highest BCUT2D eigenvalue weighted by Crippen LogP contribution is 2.09. The van der Waals surface area contributed by atoms with Crippen molar-refractivity contribution in [3.8, 4) is 0 Å². The van der Waals surface area contributed by atoms with Crippen LogP contribution < -0.4 is 11.1 Å². The zero-order chi connectivity index (χ0) is 12.1. The Bertz CT molecular complexity index is 389. The summed E-state index contributed by atoms with van der Waals surface area (Å²) in [7, 11) is 0. The topological polar surface area (TPSA) is 84.1 Å². The molecule has 0 spiro atoms. The predicted molar refractivity (Wildman–Crippen MR) is 65.4 cm³/mol. The summed E-state index contributed by atoms with van der Waals surface area (Å²) in [6, 6.07) is 0. The Morgan fingerprint density at radius 1 is 1.41 bits per heavy atom. The van der Waals surface area contributed by atoms with Crippen molar-refractivity contribution in [1.82, 2.24) is 14.9 Å². The van der Waals surface area contributed by atoms with Crippen LogP contribution in [0.4, 0.5) is 11.6 Å². The first-order valence-corrected chi connectivity index (χ1v) is 5.85. The van der Waals surface area contributed by atoms with Crippen molar-refractivity contribution in [1.29, 1.82) is 0 Å². The number of carbonyl (C=O) groups is 1. The van der Waals surface area contributed by atoms with Gasteiger partial charge in [0.05, 0.1) is 12.4 Å². The van der Waals surface area contributed by atoms with E-state index in [1.54, 1.807) is 6.20 Å². The molecule has 0 aromatic carbocycles. The molecule has 6 heteroatoms. The Morgan fingerprint density at radius 3 is 2.88 bits per heavy atom. The summed E-state index contributed by atoms with van der Waals surface area (Å²) >= 11 is 0. The van der Waals surface area contributed by atoms with Crippen molar-refractivity contribution in [2.45, 2.75) is 19.3 Å². The van der Waals surface area contributed by atoms with Crippen LogP contribution in [0.15, 0.2) is 12.4 Å². The average Bonchev–Trinajstić information content (AvgIpc) is 2.82. The SMILES string of the molecule is Nc1cncc(NCCC(=O)N2CCCC2)n1. The second-order valence-electron chi connectivity index (χ2n) is 4.09. The number of hydrogen-bond acceptors (Lipinski definition) is 5. The molecule has 0 atom stereocenters. The molecule has 3 N–H and O–H groups in total. The maximum absolute atomic E-state index is 11.7. The van der Waals surface area contributed by atoms with E-state index in [-0.39, 0.29) is 5.91 Å². The van der Waals surface area contributed by atoms with Gasteiger partial charge in [0, 0.05) is 26.1 Å². The fourth-order valence-corrected chi connectivity index (χ4v) is 1.89. The molecular weight excluding hydrogens is 218 g/mol. The molecular formula is C11H17N5O. The monoisotopic (exact) mass is 235 g/mol. The van der Waals surface area contributed by atoms with E-state index in [2.05, 4.69) is 15.3 Å². The molecule has 0 saturated carbocycles. The predicted octanol–water partition coefficient (Wildman–Crippen LogP) is 0.483. The number of nitrogens with zero attached hydrogens (tertiary/aromatic N) is 3. The number of nitrogens with two attached hydrogens (primary N) is 1. The van der Waals surface area contributed by atoms with E-state index in [1.807, 2.05) is 4.90 Å². The Labute approximate surface area is 100 Å². The fraction of sp³-hybridized carbons (Fsp3) is 0.545. The molecule has 1 saturated heterocycles. The first-order chi connectivity index (χ1) is 8.25. The Kier molecular flexibility index (Phi) is 3.74. The van der Waals surface area contributed by atoms with E-state index in [1.165, 1.54) is 6.20 Å². The van der Waals surface area contributed by atoms with E-state index in [0.29, 0.717) is 24.6 Å². The summed E-state index contributed by atoms with van der Waals surface area (Å²) in [5.74, 6) is 1.19. The van der Waals surface area contributed by atoms with Crippen LogP contribution in [0.25, 0.3) is 0 Å². The van der Waals surface area contributed by atoms with Gasteiger partial charge in [-0.1, -0.05) is 0 Å². The minimum atomic E-state index is 0.201. The zero-order valence-electron chi connectivity index (χ0n) is 9.72. The van der Waals surface area contributed by atoms with Crippen LogP contribution in [0.2, 0.25) is 0 Å². The van der Waals surface area contributed by atoms with E-state index >= 15 is 0 Å². The van der Waals surface area contributed by atoms with Gasteiger partial charge in [0.15, 0.2) is 0 Å². The highest BCUT2D eigenvalue weighted by molar-refractivity contribution is 5.76. The molecule has 0 unspecified atom stereocenters. The number of likely N-dealkylation sites (tertiary alicyclic amines) is 1. The molecule has 6 nitrogen and oxygen atoms in total. The first kappa shape index (κ1) is 11.6. The lowest BCUT2D eigenvalue weighted by Crippen LogP contribution is -2.29. The lowest BCUT2D eigenvalue weighted by molar-refractivity contribution is -0.129. The quantitative estimate of drug-likeness (QED) is 0.793. The van der Waals surface area contributed by atoms with E-state index in [0.717, 1.165) is 25.9 Å². The highest BCUT2D eigenvalue weighted by Gasteiger charge is 2.16. The van der Waals surface area contributed by atoms with Crippen molar-refractivity contribution in [3.63, 3.8) is 0 Å². The molecule has 1 aromatic rings. The second-order valence-corrected chi connectivity index (χ2v) is 4.09. The summed E-state index contributed by atoms with van der Waals surface area (Å²) in [4.78, 5) is 21.6. The number of rotatable bonds is 4. The van der Waals surface area contributed by atoms with Crippen molar-refractivity contribution >= 4 is 17.5 Å². The smallest absolute Gasteiger partial charge is 0.224 e. The van der Waals surface area contributed by atoms with Gasteiger partial charge in [0.1, 0.15) is 11.6 Å². The third-order valence-corrected chi connectivity index (χ3v) is 2.76. The van der Waals surface area contributed by atoms with Crippen LogP contribution >= 0.6 is 0 Å². The zero-order valence-corrected chi connectivity index (χ0v) is 9.72. The molecule has 0 aliphatic carbocycles. The molecule has 17 heavy (non-hydrogen) atoms. The maximum atomic E-state index is 11.7. The Morgan fingerprint density at radius 2 is 2.18 bits per heavy atom. The van der Waals surface area contributed by atoms with Crippen molar-refractivity contribution < 1.29 is 4.79 Å².